The Morgan fingerprint density at radius 2 is 0.580 bits per heavy atom. The van der Waals surface area contributed by atoms with Crippen molar-refractivity contribution in [1.29, 1.82) is 0 Å². The molecule has 13 aromatic carbocycles. The first-order valence-corrected chi connectivity index (χ1v) is 28.2. The van der Waals surface area contributed by atoms with Gasteiger partial charge in [0.1, 0.15) is 23.0 Å². The zero-order valence-corrected chi connectivity index (χ0v) is 45.0. The van der Waals surface area contributed by atoms with Crippen molar-refractivity contribution in [2.45, 2.75) is 30.1 Å². The zero-order chi connectivity index (χ0) is 53.9. The fourth-order valence-corrected chi connectivity index (χ4v) is 14.9. The van der Waals surface area contributed by atoms with Crippen molar-refractivity contribution in [2.75, 3.05) is 0 Å². The summed E-state index contributed by atoms with van der Waals surface area (Å²) in [4.78, 5) is 0. The number of hydrogen-bond acceptors (Lipinski definition) is 2. The van der Waals surface area contributed by atoms with Crippen LogP contribution in [-0.2, 0) is 16.2 Å². The van der Waals surface area contributed by atoms with Crippen molar-refractivity contribution in [1.82, 2.24) is 0 Å². The number of benzene rings is 13. The summed E-state index contributed by atoms with van der Waals surface area (Å²) in [5.41, 5.74) is 19.5. The number of fused-ring (bicyclic) bond motifs is 9. The average Bonchev–Trinajstić information content (AvgIpc) is 3.45. The highest BCUT2D eigenvalue weighted by Gasteiger charge is 2.48. The SMILES string of the molecule is CC1(C)c2ccccc2-c2cccc(-c3c4cccc(-c5cccc6c5Oc5ccccc5C6(c5ccccc5)c5ccccc5)c4cc4c(-c5cccc6c5Oc5ccccc5C6(c5ccccc5)c5ccccc5)cccc34)c21. The molecule has 382 valence electrons. The van der Waals surface area contributed by atoms with E-state index in [1.54, 1.807) is 0 Å². The highest BCUT2D eigenvalue weighted by molar-refractivity contribution is 6.20. The van der Waals surface area contributed by atoms with Gasteiger partial charge in [-0.05, 0) is 107 Å². The van der Waals surface area contributed by atoms with Gasteiger partial charge in [-0.1, -0.05) is 287 Å². The van der Waals surface area contributed by atoms with E-state index in [1.807, 2.05) is 0 Å². The smallest absolute Gasteiger partial charge is 0.140 e. The average molecular weight is 1040 g/mol. The molecule has 3 aliphatic rings. The third-order valence-electron chi connectivity index (χ3n) is 18.1. The molecule has 0 N–H and O–H groups in total. The third kappa shape index (κ3) is 6.62. The minimum atomic E-state index is -0.677. The van der Waals surface area contributed by atoms with E-state index in [4.69, 9.17) is 9.47 Å². The summed E-state index contributed by atoms with van der Waals surface area (Å²) in [6.07, 6.45) is 0. The number of rotatable bonds is 7. The lowest BCUT2D eigenvalue weighted by Gasteiger charge is -2.42. The van der Waals surface area contributed by atoms with Gasteiger partial charge in [0.05, 0.1) is 10.8 Å². The van der Waals surface area contributed by atoms with E-state index < -0.39 is 10.8 Å². The fraction of sp³-hybridized carbons (Fsp3) is 0.0633. The Labute approximate surface area is 472 Å². The highest BCUT2D eigenvalue weighted by Crippen LogP contribution is 2.61. The molecule has 2 nitrogen and oxygen atoms in total. The molecule has 2 heteroatoms. The molecule has 0 atom stereocenters. The topological polar surface area (TPSA) is 18.5 Å². The normalized spacial score (nSPS) is 14.5. The second kappa shape index (κ2) is 18.0. The minimum absolute atomic E-state index is 0.276. The molecule has 2 aliphatic heterocycles. The standard InChI is InChI=1S/C79H54O2/c1-77(2)66-43-16-15-34-57(66)60-39-23-42-63(74(60)77)73-58-37-21-35-55(61-40-24-46-69-75(61)80-71-48-19-17-44-67(71)78(69,51-26-7-3-8-27-51)52-28-9-4-10-29-52)64(58)50-65-56(36-22-38-59(65)73)62-41-25-47-70-76(62)81-72-49-20-18-45-68(72)79(70,53-30-11-5-12-31-53)54-32-13-6-14-33-54/h3-50H,1-2H3. The fourth-order valence-electron chi connectivity index (χ4n) is 14.9. The van der Waals surface area contributed by atoms with E-state index in [9.17, 15) is 0 Å². The maximum atomic E-state index is 7.40. The van der Waals surface area contributed by atoms with Gasteiger partial charge in [-0.2, -0.15) is 0 Å². The van der Waals surface area contributed by atoms with Crippen LogP contribution < -0.4 is 9.47 Å². The van der Waals surface area contributed by atoms with Gasteiger partial charge in [-0.25, -0.2) is 0 Å². The Hall–Kier alpha value is -10.0. The predicted molar refractivity (Wildman–Crippen MR) is 332 cm³/mol. The van der Waals surface area contributed by atoms with Crippen LogP contribution in [0.4, 0.5) is 0 Å². The van der Waals surface area contributed by atoms with E-state index in [2.05, 4.69) is 305 Å². The van der Waals surface area contributed by atoms with Gasteiger partial charge in [-0.15, -0.1) is 0 Å². The van der Waals surface area contributed by atoms with Gasteiger partial charge in [0.15, 0.2) is 0 Å². The Balaban J connectivity index is 1.02. The van der Waals surface area contributed by atoms with Crippen molar-refractivity contribution in [2.24, 2.45) is 0 Å². The van der Waals surface area contributed by atoms with Crippen molar-refractivity contribution >= 4 is 21.5 Å². The first kappa shape index (κ1) is 47.0. The molecule has 81 heavy (non-hydrogen) atoms. The van der Waals surface area contributed by atoms with Crippen LogP contribution >= 0.6 is 0 Å². The van der Waals surface area contributed by atoms with Crippen molar-refractivity contribution < 1.29 is 9.47 Å². The molecule has 0 unspecified atom stereocenters. The Bertz CT molecular complexity index is 4330. The van der Waals surface area contributed by atoms with Gasteiger partial charge < -0.3 is 9.47 Å². The third-order valence-corrected chi connectivity index (χ3v) is 18.1. The molecule has 13 aromatic rings. The number of hydrogen-bond donors (Lipinski definition) is 0. The van der Waals surface area contributed by atoms with E-state index in [0.717, 1.165) is 78.3 Å². The quantitative estimate of drug-likeness (QED) is 0.148. The second-order valence-electron chi connectivity index (χ2n) is 22.5. The molecular formula is C79H54O2. The molecule has 1 aliphatic carbocycles. The van der Waals surface area contributed by atoms with E-state index in [1.165, 1.54) is 66.4 Å². The van der Waals surface area contributed by atoms with Crippen molar-refractivity contribution in [3.8, 4) is 67.5 Å². The Kier molecular flexibility index (Phi) is 10.5. The van der Waals surface area contributed by atoms with E-state index in [-0.39, 0.29) is 5.41 Å². The number of ether oxygens (including phenoxy) is 2. The first-order chi connectivity index (χ1) is 40.0. The van der Waals surface area contributed by atoms with Gasteiger partial charge in [0, 0.05) is 38.8 Å². The van der Waals surface area contributed by atoms with Crippen LogP contribution in [0.2, 0.25) is 0 Å². The molecule has 0 amide bonds. The van der Waals surface area contributed by atoms with E-state index >= 15 is 0 Å². The van der Waals surface area contributed by atoms with Crippen LogP contribution in [-0.4, -0.2) is 0 Å². The molecular weight excluding hydrogens is 981 g/mol. The number of para-hydroxylation sites is 4. The summed E-state index contributed by atoms with van der Waals surface area (Å²) in [7, 11) is 0. The predicted octanol–water partition coefficient (Wildman–Crippen LogP) is 20.3. The second-order valence-corrected chi connectivity index (χ2v) is 22.5. The summed E-state index contributed by atoms with van der Waals surface area (Å²) < 4.78 is 14.8. The van der Waals surface area contributed by atoms with Crippen LogP contribution in [0.3, 0.4) is 0 Å². The van der Waals surface area contributed by atoms with Gasteiger partial charge in [-0.3, -0.25) is 0 Å². The monoisotopic (exact) mass is 1030 g/mol. The molecule has 0 bridgehead atoms. The molecule has 0 saturated carbocycles. The summed E-state index contributed by atoms with van der Waals surface area (Å²) in [6, 6.07) is 107. The van der Waals surface area contributed by atoms with Crippen LogP contribution in [0.1, 0.15) is 69.5 Å². The van der Waals surface area contributed by atoms with Crippen molar-refractivity contribution in [3.05, 3.63) is 347 Å². The molecule has 0 radical (unpaired) electrons. The van der Waals surface area contributed by atoms with Crippen LogP contribution in [0.15, 0.2) is 291 Å². The molecule has 2 heterocycles. The molecule has 0 spiro atoms. The van der Waals surface area contributed by atoms with Crippen LogP contribution in [0.5, 0.6) is 23.0 Å². The largest absolute Gasteiger partial charge is 0.456 e. The highest BCUT2D eigenvalue weighted by atomic mass is 16.5. The van der Waals surface area contributed by atoms with Crippen LogP contribution in [0.25, 0.3) is 66.1 Å². The molecule has 16 rings (SSSR count). The Morgan fingerprint density at radius 1 is 0.247 bits per heavy atom. The van der Waals surface area contributed by atoms with Gasteiger partial charge >= 0.3 is 0 Å². The van der Waals surface area contributed by atoms with Gasteiger partial charge in [0.25, 0.3) is 0 Å². The molecule has 0 aromatic heterocycles. The minimum Gasteiger partial charge on any atom is -0.456 e. The maximum absolute atomic E-state index is 7.40. The molecule has 0 fully saturated rings. The lowest BCUT2D eigenvalue weighted by Crippen LogP contribution is -2.34. The zero-order valence-electron chi connectivity index (χ0n) is 45.0. The lowest BCUT2D eigenvalue weighted by molar-refractivity contribution is 0.436. The van der Waals surface area contributed by atoms with Crippen molar-refractivity contribution in [3.63, 3.8) is 0 Å². The lowest BCUT2D eigenvalue weighted by atomic mass is 9.63. The molecule has 0 saturated heterocycles. The summed E-state index contributed by atoms with van der Waals surface area (Å²) in [6.45, 7) is 4.80. The maximum Gasteiger partial charge on any atom is 0.140 e. The van der Waals surface area contributed by atoms with E-state index in [0.29, 0.717) is 0 Å². The summed E-state index contributed by atoms with van der Waals surface area (Å²) in [5.74, 6) is 3.40. The Morgan fingerprint density at radius 3 is 1.05 bits per heavy atom. The first-order valence-electron chi connectivity index (χ1n) is 28.2. The summed E-state index contributed by atoms with van der Waals surface area (Å²) in [5, 5.41) is 4.63. The summed E-state index contributed by atoms with van der Waals surface area (Å²) >= 11 is 0. The van der Waals surface area contributed by atoms with Crippen LogP contribution in [0, 0.1) is 0 Å². The van der Waals surface area contributed by atoms with Gasteiger partial charge in [0.2, 0.25) is 0 Å².